The molecule has 1 heterocycles. The second-order valence-corrected chi connectivity index (χ2v) is 5.77. The number of hydrogen-bond acceptors (Lipinski definition) is 4. The number of hydrogen-bond donors (Lipinski definition) is 1. The van der Waals surface area contributed by atoms with Gasteiger partial charge in [-0.3, -0.25) is 10.1 Å². The molecular weight excluding hydrogens is 256 g/mol. The Kier molecular flexibility index (Phi) is 5.09. The van der Waals surface area contributed by atoms with E-state index in [0.29, 0.717) is 5.41 Å². The Morgan fingerprint density at radius 2 is 1.95 bits per heavy atom. The Morgan fingerprint density at radius 3 is 2.55 bits per heavy atom. The van der Waals surface area contributed by atoms with Crippen LogP contribution in [0.25, 0.3) is 0 Å². The van der Waals surface area contributed by atoms with Crippen LogP contribution in [-0.2, 0) is 11.2 Å². The predicted octanol–water partition coefficient (Wildman–Crippen LogP) is 2.54. The molecule has 1 aliphatic heterocycles. The van der Waals surface area contributed by atoms with Gasteiger partial charge in [0.1, 0.15) is 0 Å². The minimum absolute atomic E-state index is 0.149. The van der Waals surface area contributed by atoms with E-state index >= 15 is 0 Å². The number of ether oxygens (including phenoxy) is 1. The van der Waals surface area contributed by atoms with E-state index in [-0.39, 0.29) is 10.6 Å². The molecule has 1 aromatic rings. The van der Waals surface area contributed by atoms with Gasteiger partial charge in [0.25, 0.3) is 5.69 Å². The molecule has 0 amide bonds. The van der Waals surface area contributed by atoms with Crippen molar-refractivity contribution >= 4 is 5.69 Å². The summed E-state index contributed by atoms with van der Waals surface area (Å²) in [7, 11) is 0. The first-order valence-electron chi connectivity index (χ1n) is 7.11. The molecule has 0 unspecified atom stereocenters. The van der Waals surface area contributed by atoms with Crippen LogP contribution < -0.4 is 5.32 Å². The van der Waals surface area contributed by atoms with Crippen LogP contribution in [0.4, 0.5) is 5.69 Å². The van der Waals surface area contributed by atoms with Gasteiger partial charge >= 0.3 is 0 Å². The van der Waals surface area contributed by atoms with Crippen LogP contribution in [0.3, 0.4) is 0 Å². The molecule has 0 aliphatic carbocycles. The van der Waals surface area contributed by atoms with Crippen LogP contribution in [0.1, 0.15) is 25.3 Å². The average Bonchev–Trinajstić information content (AvgIpc) is 2.45. The molecule has 1 N–H and O–H groups in total. The van der Waals surface area contributed by atoms with Crippen molar-refractivity contribution in [1.82, 2.24) is 5.32 Å². The van der Waals surface area contributed by atoms with Gasteiger partial charge in [-0.05, 0) is 36.8 Å². The molecule has 0 spiro atoms. The molecule has 1 fully saturated rings. The maximum Gasteiger partial charge on any atom is 0.269 e. The van der Waals surface area contributed by atoms with E-state index < -0.39 is 0 Å². The van der Waals surface area contributed by atoms with Crippen molar-refractivity contribution < 1.29 is 9.66 Å². The lowest BCUT2D eigenvalue weighted by molar-refractivity contribution is -0.384. The SMILES string of the molecule is CC1(CNCCc2ccc([N+](=O)[O-])cc2)CCOCC1. The molecule has 110 valence electrons. The summed E-state index contributed by atoms with van der Waals surface area (Å²) in [5, 5.41) is 14.1. The molecule has 20 heavy (non-hydrogen) atoms. The molecule has 0 aromatic heterocycles. The zero-order valence-corrected chi connectivity index (χ0v) is 11.9. The second kappa shape index (κ2) is 6.81. The van der Waals surface area contributed by atoms with Gasteiger partial charge in [-0.2, -0.15) is 0 Å². The molecule has 5 nitrogen and oxygen atoms in total. The van der Waals surface area contributed by atoms with Crippen LogP contribution in [0.2, 0.25) is 0 Å². The van der Waals surface area contributed by atoms with Gasteiger partial charge in [0, 0.05) is 31.9 Å². The molecule has 0 bridgehead atoms. The summed E-state index contributed by atoms with van der Waals surface area (Å²) in [6.45, 7) is 5.92. The van der Waals surface area contributed by atoms with Gasteiger partial charge < -0.3 is 10.1 Å². The van der Waals surface area contributed by atoms with Gasteiger partial charge in [-0.15, -0.1) is 0 Å². The fourth-order valence-electron chi connectivity index (χ4n) is 2.45. The first kappa shape index (κ1) is 14.9. The molecule has 0 atom stereocenters. The maximum atomic E-state index is 10.6. The summed E-state index contributed by atoms with van der Waals surface area (Å²) < 4.78 is 5.39. The first-order chi connectivity index (χ1) is 9.59. The number of rotatable bonds is 6. The highest BCUT2D eigenvalue weighted by Gasteiger charge is 2.26. The van der Waals surface area contributed by atoms with E-state index in [1.807, 2.05) is 12.1 Å². The highest BCUT2D eigenvalue weighted by molar-refractivity contribution is 5.32. The summed E-state index contributed by atoms with van der Waals surface area (Å²) in [6.07, 6.45) is 3.11. The predicted molar refractivity (Wildman–Crippen MR) is 77.8 cm³/mol. The monoisotopic (exact) mass is 278 g/mol. The van der Waals surface area contributed by atoms with Crippen molar-refractivity contribution in [2.75, 3.05) is 26.3 Å². The lowest BCUT2D eigenvalue weighted by Crippen LogP contribution is -2.37. The van der Waals surface area contributed by atoms with E-state index in [1.54, 1.807) is 12.1 Å². The van der Waals surface area contributed by atoms with E-state index in [0.717, 1.165) is 51.1 Å². The highest BCUT2D eigenvalue weighted by atomic mass is 16.6. The van der Waals surface area contributed by atoms with Gasteiger partial charge in [0.2, 0.25) is 0 Å². The molecule has 1 saturated heterocycles. The third-order valence-corrected chi connectivity index (χ3v) is 3.99. The van der Waals surface area contributed by atoms with E-state index in [1.165, 1.54) is 0 Å². The number of non-ortho nitro benzene ring substituents is 1. The summed E-state index contributed by atoms with van der Waals surface area (Å²) in [5.41, 5.74) is 1.62. The smallest absolute Gasteiger partial charge is 0.269 e. The largest absolute Gasteiger partial charge is 0.381 e. The van der Waals surface area contributed by atoms with Crippen LogP contribution in [0.15, 0.2) is 24.3 Å². The number of nitro groups is 1. The molecule has 2 rings (SSSR count). The number of benzene rings is 1. The molecule has 5 heteroatoms. The van der Waals surface area contributed by atoms with Gasteiger partial charge in [0.15, 0.2) is 0 Å². The van der Waals surface area contributed by atoms with Crippen molar-refractivity contribution in [1.29, 1.82) is 0 Å². The van der Waals surface area contributed by atoms with Crippen LogP contribution in [0, 0.1) is 15.5 Å². The topological polar surface area (TPSA) is 64.4 Å². The van der Waals surface area contributed by atoms with E-state index in [2.05, 4.69) is 12.2 Å². The zero-order valence-electron chi connectivity index (χ0n) is 11.9. The minimum Gasteiger partial charge on any atom is -0.381 e. The maximum absolute atomic E-state index is 10.6. The molecule has 1 aromatic carbocycles. The lowest BCUT2D eigenvalue weighted by Gasteiger charge is -2.33. The van der Waals surface area contributed by atoms with Gasteiger partial charge in [0.05, 0.1) is 4.92 Å². The Labute approximate surface area is 119 Å². The van der Waals surface area contributed by atoms with Crippen LogP contribution in [-0.4, -0.2) is 31.2 Å². The van der Waals surface area contributed by atoms with Crippen molar-refractivity contribution in [3.8, 4) is 0 Å². The summed E-state index contributed by atoms with van der Waals surface area (Å²) in [6, 6.07) is 6.79. The standard InChI is InChI=1S/C15H22N2O3/c1-15(7-10-20-11-8-15)12-16-9-6-13-2-4-14(5-3-13)17(18)19/h2-5,16H,6-12H2,1H3. The number of nitro benzene ring substituents is 1. The molecule has 1 aliphatic rings. The Morgan fingerprint density at radius 1 is 1.30 bits per heavy atom. The Hall–Kier alpha value is -1.46. The first-order valence-corrected chi connectivity index (χ1v) is 7.11. The zero-order chi connectivity index (χ0) is 14.4. The molecule has 0 radical (unpaired) electrons. The summed E-state index contributed by atoms with van der Waals surface area (Å²) in [4.78, 5) is 10.2. The van der Waals surface area contributed by atoms with Gasteiger partial charge in [-0.25, -0.2) is 0 Å². The summed E-state index contributed by atoms with van der Waals surface area (Å²) in [5.74, 6) is 0. The lowest BCUT2D eigenvalue weighted by atomic mass is 9.82. The summed E-state index contributed by atoms with van der Waals surface area (Å²) >= 11 is 0. The van der Waals surface area contributed by atoms with Crippen LogP contribution in [0.5, 0.6) is 0 Å². The van der Waals surface area contributed by atoms with Gasteiger partial charge in [-0.1, -0.05) is 19.1 Å². The quantitative estimate of drug-likeness (QED) is 0.493. The number of nitrogens with zero attached hydrogens (tertiary/aromatic N) is 1. The van der Waals surface area contributed by atoms with Crippen molar-refractivity contribution in [3.63, 3.8) is 0 Å². The fraction of sp³-hybridized carbons (Fsp3) is 0.600. The Balaban J connectivity index is 1.71. The van der Waals surface area contributed by atoms with Crippen molar-refractivity contribution in [2.45, 2.75) is 26.2 Å². The fourth-order valence-corrected chi connectivity index (χ4v) is 2.45. The van der Waals surface area contributed by atoms with Crippen LogP contribution >= 0.6 is 0 Å². The Bertz CT molecular complexity index is 439. The highest BCUT2D eigenvalue weighted by Crippen LogP contribution is 2.28. The van der Waals surface area contributed by atoms with E-state index in [4.69, 9.17) is 4.74 Å². The normalized spacial score (nSPS) is 17.9. The number of nitrogens with one attached hydrogen (secondary N) is 1. The van der Waals surface area contributed by atoms with Crippen molar-refractivity contribution in [2.24, 2.45) is 5.41 Å². The third-order valence-electron chi connectivity index (χ3n) is 3.99. The molecular formula is C15H22N2O3. The second-order valence-electron chi connectivity index (χ2n) is 5.77. The minimum atomic E-state index is -0.367. The van der Waals surface area contributed by atoms with E-state index in [9.17, 15) is 10.1 Å². The van der Waals surface area contributed by atoms with Crippen molar-refractivity contribution in [3.05, 3.63) is 39.9 Å². The molecule has 0 saturated carbocycles. The average molecular weight is 278 g/mol. The third kappa shape index (κ3) is 4.28.